The summed E-state index contributed by atoms with van der Waals surface area (Å²) in [5.74, 6) is 1.52. The Bertz CT molecular complexity index is 637. The number of carbonyl (C=O) groups excluding carboxylic acids is 1. The van der Waals surface area contributed by atoms with E-state index in [1.54, 1.807) is 12.1 Å². The first kappa shape index (κ1) is 17.6. The van der Waals surface area contributed by atoms with Crippen molar-refractivity contribution in [2.75, 3.05) is 5.75 Å². The molecule has 2 aromatic carbocycles. The van der Waals surface area contributed by atoms with E-state index in [-0.39, 0.29) is 11.5 Å². The zero-order valence-corrected chi connectivity index (χ0v) is 14.4. The molecule has 0 radical (unpaired) electrons. The number of aryl methyl sites for hydroxylation is 1. The van der Waals surface area contributed by atoms with E-state index in [1.165, 1.54) is 10.5 Å². The minimum atomic E-state index is 0.206. The van der Waals surface area contributed by atoms with E-state index >= 15 is 0 Å². The van der Waals surface area contributed by atoms with Crippen molar-refractivity contribution in [3.05, 3.63) is 59.7 Å². The van der Waals surface area contributed by atoms with E-state index < -0.39 is 0 Å². The van der Waals surface area contributed by atoms with Gasteiger partial charge in [0.1, 0.15) is 11.5 Å². The predicted octanol–water partition coefficient (Wildman–Crippen LogP) is 5.16. The highest BCUT2D eigenvalue weighted by molar-refractivity contribution is 7.99. The molecule has 0 amide bonds. The lowest BCUT2D eigenvalue weighted by atomic mass is 10.0. The quantitative estimate of drug-likeness (QED) is 0.510. The summed E-state index contributed by atoms with van der Waals surface area (Å²) >= 11 is 1.88. The van der Waals surface area contributed by atoms with Crippen LogP contribution in [0.2, 0.25) is 0 Å². The summed E-state index contributed by atoms with van der Waals surface area (Å²) in [6.07, 6.45) is 4.07. The molecule has 0 unspecified atom stereocenters. The number of Topliss-reactive ketones (excluding diaryl/α,β-unsaturated/α-hetero) is 1. The topological polar surface area (TPSA) is 37.3 Å². The Hall–Kier alpha value is -1.74. The number of thioether (sulfide) groups is 1. The van der Waals surface area contributed by atoms with Crippen LogP contribution >= 0.6 is 11.8 Å². The SMILES string of the molecule is Cc1cccc(SCCCCCC(=O)Cc2ccccc2O)c1. The molecule has 122 valence electrons. The number of rotatable bonds is 9. The van der Waals surface area contributed by atoms with Crippen molar-refractivity contribution in [2.45, 2.75) is 43.9 Å². The van der Waals surface area contributed by atoms with E-state index in [4.69, 9.17) is 0 Å². The van der Waals surface area contributed by atoms with Gasteiger partial charge in [0.05, 0.1) is 0 Å². The Morgan fingerprint density at radius 3 is 2.65 bits per heavy atom. The number of benzene rings is 2. The molecule has 2 aromatic rings. The van der Waals surface area contributed by atoms with Crippen molar-refractivity contribution in [1.29, 1.82) is 0 Å². The van der Waals surface area contributed by atoms with Crippen LogP contribution in [-0.2, 0) is 11.2 Å². The van der Waals surface area contributed by atoms with E-state index in [2.05, 4.69) is 31.2 Å². The second-order valence-electron chi connectivity index (χ2n) is 5.82. The molecule has 0 bridgehead atoms. The molecule has 23 heavy (non-hydrogen) atoms. The van der Waals surface area contributed by atoms with Gasteiger partial charge >= 0.3 is 0 Å². The Kier molecular flexibility index (Phi) is 7.21. The number of unbranched alkanes of at least 4 members (excludes halogenated alkanes) is 2. The fourth-order valence-electron chi connectivity index (χ4n) is 2.46. The number of hydrogen-bond donors (Lipinski definition) is 1. The maximum atomic E-state index is 11.9. The number of carbonyl (C=O) groups is 1. The second kappa shape index (κ2) is 9.41. The molecule has 0 heterocycles. The van der Waals surface area contributed by atoms with Gasteiger partial charge in [0.25, 0.3) is 0 Å². The molecule has 0 saturated carbocycles. The number of phenols is 1. The van der Waals surface area contributed by atoms with Crippen molar-refractivity contribution in [3.8, 4) is 5.75 Å². The van der Waals surface area contributed by atoms with Crippen molar-refractivity contribution in [2.24, 2.45) is 0 Å². The number of hydrogen-bond acceptors (Lipinski definition) is 3. The number of phenolic OH excluding ortho intramolecular Hbond substituents is 1. The average molecular weight is 328 g/mol. The van der Waals surface area contributed by atoms with Gasteiger partial charge in [-0.15, -0.1) is 11.8 Å². The van der Waals surface area contributed by atoms with Crippen LogP contribution in [0.4, 0.5) is 0 Å². The molecular weight excluding hydrogens is 304 g/mol. The van der Waals surface area contributed by atoms with Gasteiger partial charge in [0, 0.05) is 23.3 Å². The molecule has 0 aliphatic heterocycles. The molecule has 1 N–H and O–H groups in total. The third-order valence-electron chi connectivity index (χ3n) is 3.74. The molecule has 0 aromatic heterocycles. The molecule has 0 spiro atoms. The fourth-order valence-corrected chi connectivity index (χ4v) is 3.49. The molecular formula is C20H24O2S. The Balaban J connectivity index is 1.58. The van der Waals surface area contributed by atoms with Gasteiger partial charge in [-0.3, -0.25) is 4.79 Å². The van der Waals surface area contributed by atoms with Crippen molar-refractivity contribution >= 4 is 17.5 Å². The number of aromatic hydroxyl groups is 1. The van der Waals surface area contributed by atoms with Gasteiger partial charge < -0.3 is 5.11 Å². The van der Waals surface area contributed by atoms with Crippen LogP contribution in [0.1, 0.15) is 36.8 Å². The van der Waals surface area contributed by atoms with Crippen LogP contribution in [0.3, 0.4) is 0 Å². The van der Waals surface area contributed by atoms with E-state index in [1.807, 2.05) is 23.9 Å². The minimum Gasteiger partial charge on any atom is -0.508 e. The van der Waals surface area contributed by atoms with Crippen molar-refractivity contribution in [3.63, 3.8) is 0 Å². The van der Waals surface area contributed by atoms with Crippen LogP contribution in [0.5, 0.6) is 5.75 Å². The number of ketones is 1. The Morgan fingerprint density at radius 2 is 1.87 bits per heavy atom. The minimum absolute atomic E-state index is 0.206. The summed E-state index contributed by atoms with van der Waals surface area (Å²) in [7, 11) is 0. The highest BCUT2D eigenvalue weighted by Gasteiger charge is 2.07. The molecule has 0 aliphatic rings. The van der Waals surface area contributed by atoms with Crippen LogP contribution in [0.25, 0.3) is 0 Å². The van der Waals surface area contributed by atoms with Crippen LogP contribution in [0, 0.1) is 6.92 Å². The maximum absolute atomic E-state index is 11.9. The predicted molar refractivity (Wildman–Crippen MR) is 97.2 cm³/mol. The maximum Gasteiger partial charge on any atom is 0.137 e. The summed E-state index contributed by atoms with van der Waals surface area (Å²) in [4.78, 5) is 13.3. The molecule has 2 nitrogen and oxygen atoms in total. The molecule has 0 aliphatic carbocycles. The lowest BCUT2D eigenvalue weighted by molar-refractivity contribution is -0.118. The lowest BCUT2D eigenvalue weighted by Crippen LogP contribution is -2.02. The highest BCUT2D eigenvalue weighted by Crippen LogP contribution is 2.21. The third-order valence-corrected chi connectivity index (χ3v) is 4.82. The van der Waals surface area contributed by atoms with Gasteiger partial charge in [-0.05, 0) is 43.7 Å². The summed E-state index contributed by atoms with van der Waals surface area (Å²) in [6.45, 7) is 2.11. The highest BCUT2D eigenvalue weighted by atomic mass is 32.2. The van der Waals surface area contributed by atoms with Crippen LogP contribution in [0.15, 0.2) is 53.4 Å². The average Bonchev–Trinajstić information content (AvgIpc) is 2.53. The normalized spacial score (nSPS) is 10.7. The first-order chi connectivity index (χ1) is 11.1. The summed E-state index contributed by atoms with van der Waals surface area (Å²) in [6, 6.07) is 15.6. The second-order valence-corrected chi connectivity index (χ2v) is 6.99. The van der Waals surface area contributed by atoms with Crippen molar-refractivity contribution < 1.29 is 9.90 Å². The summed E-state index contributed by atoms with van der Waals surface area (Å²) in [5, 5.41) is 9.67. The first-order valence-corrected chi connectivity index (χ1v) is 9.12. The van der Waals surface area contributed by atoms with E-state index in [9.17, 15) is 9.90 Å². The zero-order chi connectivity index (χ0) is 16.5. The van der Waals surface area contributed by atoms with Gasteiger partial charge in [-0.2, -0.15) is 0 Å². The molecule has 3 heteroatoms. The molecule has 0 fully saturated rings. The molecule has 0 saturated heterocycles. The standard InChI is InChI=1S/C20H24O2S/c1-16-8-7-11-19(14-16)23-13-6-2-3-10-18(21)15-17-9-4-5-12-20(17)22/h4-5,7-9,11-12,14,22H,2-3,6,10,13,15H2,1H3. The zero-order valence-electron chi connectivity index (χ0n) is 13.6. The Labute approximate surface area is 142 Å². The largest absolute Gasteiger partial charge is 0.508 e. The first-order valence-electron chi connectivity index (χ1n) is 8.13. The van der Waals surface area contributed by atoms with Gasteiger partial charge in [-0.1, -0.05) is 42.3 Å². The van der Waals surface area contributed by atoms with E-state index in [0.717, 1.165) is 30.6 Å². The lowest BCUT2D eigenvalue weighted by Gasteiger charge is -2.05. The molecule has 2 rings (SSSR count). The van der Waals surface area contributed by atoms with Crippen molar-refractivity contribution in [1.82, 2.24) is 0 Å². The number of para-hydroxylation sites is 1. The fraction of sp³-hybridized carbons (Fsp3) is 0.350. The van der Waals surface area contributed by atoms with Gasteiger partial charge in [0.15, 0.2) is 0 Å². The van der Waals surface area contributed by atoms with Crippen LogP contribution < -0.4 is 0 Å². The third kappa shape index (κ3) is 6.49. The monoisotopic (exact) mass is 328 g/mol. The van der Waals surface area contributed by atoms with Gasteiger partial charge in [0.2, 0.25) is 0 Å². The smallest absolute Gasteiger partial charge is 0.137 e. The summed E-state index contributed by atoms with van der Waals surface area (Å²) < 4.78 is 0. The van der Waals surface area contributed by atoms with E-state index in [0.29, 0.717) is 12.8 Å². The van der Waals surface area contributed by atoms with Gasteiger partial charge in [-0.25, -0.2) is 0 Å². The Morgan fingerprint density at radius 1 is 1.04 bits per heavy atom. The van der Waals surface area contributed by atoms with Crippen LogP contribution in [-0.4, -0.2) is 16.6 Å². The summed E-state index contributed by atoms with van der Waals surface area (Å²) in [5.41, 5.74) is 2.03. The molecule has 0 atom stereocenters.